The first-order chi connectivity index (χ1) is 7.74. The lowest BCUT2D eigenvalue weighted by Crippen LogP contribution is -2.00. The van der Waals surface area contributed by atoms with Gasteiger partial charge in [0.15, 0.2) is 12.5 Å². The summed E-state index contributed by atoms with van der Waals surface area (Å²) in [7, 11) is 1.60. The van der Waals surface area contributed by atoms with Crippen LogP contribution in [0.25, 0.3) is 10.8 Å². The van der Waals surface area contributed by atoms with Crippen LogP contribution in [0.4, 0.5) is 4.39 Å². The summed E-state index contributed by atoms with van der Waals surface area (Å²) in [4.78, 5) is 11.2. The predicted octanol–water partition coefficient (Wildman–Crippen LogP) is 3.00. The van der Waals surface area contributed by atoms with Crippen molar-refractivity contribution in [3.05, 3.63) is 42.0 Å². The van der Waals surface area contributed by atoms with Crippen molar-refractivity contribution in [3.63, 3.8) is 0 Å². The second-order valence-corrected chi connectivity index (χ2v) is 3.48. The second-order valence-electron chi connectivity index (χ2n) is 3.48. The van der Waals surface area contributed by atoms with Crippen LogP contribution in [0.1, 0.15) is 10.4 Å². The van der Waals surface area contributed by atoms with Gasteiger partial charge in [0.2, 0.25) is 0 Å². The molecule has 0 aliphatic carbocycles. The number of hydrogen-bond acceptors (Lipinski definition) is 2. The van der Waals surface area contributed by atoms with Gasteiger partial charge >= 0.3 is 0 Å². The van der Waals surface area contributed by atoms with Gasteiger partial charge in [0.05, 0.1) is 7.11 Å². The first kappa shape index (κ1) is 10.6. The topological polar surface area (TPSA) is 26.3 Å². The van der Waals surface area contributed by atoms with Crippen molar-refractivity contribution in [1.82, 2.24) is 0 Å². The molecule has 0 heterocycles. The second kappa shape index (κ2) is 4.31. The van der Waals surface area contributed by atoms with Gasteiger partial charge in [0, 0.05) is 5.56 Å². The Kier molecular flexibility index (Phi) is 2.86. The molecule has 0 aromatic heterocycles. The number of fused-ring (bicyclic) bond motifs is 1. The zero-order chi connectivity index (χ0) is 11.5. The highest BCUT2D eigenvalue weighted by Gasteiger charge is 2.05. The lowest BCUT2D eigenvalue weighted by Gasteiger charge is -2.03. The molecule has 0 saturated heterocycles. The molecule has 2 nitrogen and oxygen atoms in total. The van der Waals surface area contributed by atoms with Crippen LogP contribution in [0.5, 0.6) is 5.75 Å². The molecule has 0 saturated carbocycles. The Morgan fingerprint density at radius 2 is 1.88 bits per heavy atom. The van der Waals surface area contributed by atoms with E-state index >= 15 is 0 Å². The zero-order valence-electron chi connectivity index (χ0n) is 8.87. The summed E-state index contributed by atoms with van der Waals surface area (Å²) in [6.07, 6.45) is 0. The van der Waals surface area contributed by atoms with Crippen molar-refractivity contribution in [2.24, 2.45) is 0 Å². The molecule has 0 aliphatic heterocycles. The maximum Gasteiger partial charge on any atom is 0.193 e. The first-order valence-electron chi connectivity index (χ1n) is 4.91. The van der Waals surface area contributed by atoms with E-state index in [4.69, 9.17) is 4.74 Å². The number of ether oxygens (including phenoxy) is 1. The van der Waals surface area contributed by atoms with Gasteiger partial charge in [0.1, 0.15) is 5.75 Å². The Labute approximate surface area is 92.6 Å². The van der Waals surface area contributed by atoms with Gasteiger partial charge in [-0.1, -0.05) is 18.2 Å². The van der Waals surface area contributed by atoms with E-state index in [1.54, 1.807) is 25.3 Å². The molecule has 3 heteroatoms. The predicted molar refractivity (Wildman–Crippen MR) is 60.8 cm³/mol. The molecule has 2 rings (SSSR count). The Bertz CT molecular complexity index is 534. The summed E-state index contributed by atoms with van der Waals surface area (Å²) >= 11 is 0. The average Bonchev–Trinajstić information content (AvgIpc) is 2.36. The summed E-state index contributed by atoms with van der Waals surface area (Å²) in [6, 6.07) is 10.6. The Hall–Kier alpha value is -1.90. The molecule has 0 bridgehead atoms. The van der Waals surface area contributed by atoms with Crippen molar-refractivity contribution < 1.29 is 13.9 Å². The minimum absolute atomic E-state index is 0.403. The highest BCUT2D eigenvalue weighted by molar-refractivity contribution is 6.00. The van der Waals surface area contributed by atoms with Gasteiger partial charge < -0.3 is 4.74 Å². The Morgan fingerprint density at radius 1 is 1.19 bits per heavy atom. The molecule has 0 N–H and O–H groups in total. The molecule has 0 fully saturated rings. The molecule has 0 atom stereocenters. The Balaban J connectivity index is 2.51. The number of halogens is 1. The monoisotopic (exact) mass is 218 g/mol. The third-order valence-corrected chi connectivity index (χ3v) is 2.49. The maximum absolute atomic E-state index is 12.2. The van der Waals surface area contributed by atoms with Gasteiger partial charge in [-0.15, -0.1) is 0 Å². The fourth-order valence-electron chi connectivity index (χ4n) is 1.60. The largest absolute Gasteiger partial charge is 0.497 e. The van der Waals surface area contributed by atoms with Gasteiger partial charge in [-0.2, -0.15) is 0 Å². The molecule has 0 amide bonds. The molecular weight excluding hydrogens is 207 g/mol. The van der Waals surface area contributed by atoms with Crippen LogP contribution in [0.3, 0.4) is 0 Å². The number of carbonyl (C=O) groups excluding carboxylic acids is 1. The summed E-state index contributed by atoms with van der Waals surface area (Å²) in [6.45, 7) is -0.957. The molecule has 2 aromatic carbocycles. The number of carbonyl (C=O) groups is 1. The van der Waals surface area contributed by atoms with Crippen LogP contribution < -0.4 is 4.74 Å². The lowest BCUT2D eigenvalue weighted by atomic mass is 10.0. The molecule has 0 unspecified atom stereocenters. The van der Waals surface area contributed by atoms with Crippen molar-refractivity contribution >= 4 is 16.6 Å². The number of rotatable bonds is 3. The fourth-order valence-corrected chi connectivity index (χ4v) is 1.60. The van der Waals surface area contributed by atoms with Crippen LogP contribution in [0.2, 0.25) is 0 Å². The minimum Gasteiger partial charge on any atom is -0.497 e. The van der Waals surface area contributed by atoms with Gasteiger partial charge in [-0.3, -0.25) is 4.79 Å². The number of Topliss-reactive ketones (excluding diaryl/α,β-unsaturated/α-hetero) is 1. The van der Waals surface area contributed by atoms with Gasteiger partial charge in [0.25, 0.3) is 0 Å². The summed E-state index contributed by atoms with van der Waals surface area (Å²) < 4.78 is 17.3. The van der Waals surface area contributed by atoms with Crippen LogP contribution >= 0.6 is 0 Å². The van der Waals surface area contributed by atoms with Crippen LogP contribution in [-0.4, -0.2) is 19.6 Å². The van der Waals surface area contributed by atoms with Crippen LogP contribution in [0.15, 0.2) is 36.4 Å². The van der Waals surface area contributed by atoms with E-state index in [0.29, 0.717) is 5.56 Å². The standard InChI is InChI=1S/C13H11FO2/c1-16-12-5-4-9-6-11(13(15)8-14)3-2-10(9)7-12/h2-7H,8H2,1H3. The molecule has 0 spiro atoms. The highest BCUT2D eigenvalue weighted by Crippen LogP contribution is 2.22. The van der Waals surface area contributed by atoms with E-state index in [1.807, 2.05) is 18.2 Å². The number of ketones is 1. The third kappa shape index (κ3) is 1.89. The molecule has 0 radical (unpaired) electrons. The van der Waals surface area contributed by atoms with E-state index in [2.05, 4.69) is 0 Å². The van der Waals surface area contributed by atoms with Crippen molar-refractivity contribution in [3.8, 4) is 5.75 Å². The van der Waals surface area contributed by atoms with Crippen molar-refractivity contribution in [2.45, 2.75) is 0 Å². The molecular formula is C13H11FO2. The Morgan fingerprint density at radius 3 is 2.56 bits per heavy atom. The number of alkyl halides is 1. The zero-order valence-corrected chi connectivity index (χ0v) is 8.87. The third-order valence-electron chi connectivity index (χ3n) is 2.49. The quantitative estimate of drug-likeness (QED) is 0.740. The first-order valence-corrected chi connectivity index (χ1v) is 4.91. The molecule has 16 heavy (non-hydrogen) atoms. The summed E-state index contributed by atoms with van der Waals surface area (Å²) in [5, 5.41) is 1.87. The number of hydrogen-bond donors (Lipinski definition) is 0. The SMILES string of the molecule is COc1ccc2cc(C(=O)CF)ccc2c1. The van der Waals surface area contributed by atoms with E-state index in [0.717, 1.165) is 16.5 Å². The van der Waals surface area contributed by atoms with E-state index in [9.17, 15) is 9.18 Å². The van der Waals surface area contributed by atoms with Crippen LogP contribution in [0, 0.1) is 0 Å². The maximum atomic E-state index is 12.2. The summed E-state index contributed by atoms with van der Waals surface area (Å²) in [5.74, 6) is 0.273. The fraction of sp³-hybridized carbons (Fsp3) is 0.154. The van der Waals surface area contributed by atoms with Crippen LogP contribution in [-0.2, 0) is 0 Å². The van der Waals surface area contributed by atoms with Gasteiger partial charge in [-0.05, 0) is 29.0 Å². The highest BCUT2D eigenvalue weighted by atomic mass is 19.1. The lowest BCUT2D eigenvalue weighted by molar-refractivity contribution is 0.0959. The van der Waals surface area contributed by atoms with Crippen molar-refractivity contribution in [1.29, 1.82) is 0 Å². The van der Waals surface area contributed by atoms with E-state index in [-0.39, 0.29) is 0 Å². The van der Waals surface area contributed by atoms with E-state index in [1.165, 1.54) is 0 Å². The van der Waals surface area contributed by atoms with Crippen molar-refractivity contribution in [2.75, 3.05) is 13.8 Å². The molecule has 0 aliphatic rings. The van der Waals surface area contributed by atoms with Gasteiger partial charge in [-0.25, -0.2) is 4.39 Å². The van der Waals surface area contributed by atoms with E-state index < -0.39 is 12.5 Å². The number of methoxy groups -OCH3 is 1. The number of benzene rings is 2. The molecule has 2 aromatic rings. The minimum atomic E-state index is -0.957. The normalized spacial score (nSPS) is 10.4. The average molecular weight is 218 g/mol. The summed E-state index contributed by atoms with van der Waals surface area (Å²) in [5.41, 5.74) is 0.403. The molecule has 82 valence electrons. The smallest absolute Gasteiger partial charge is 0.193 e.